The van der Waals surface area contributed by atoms with Gasteiger partial charge in [0.25, 0.3) is 0 Å². The highest BCUT2D eigenvalue weighted by Gasteiger charge is 2.24. The number of aromatic nitrogens is 2. The first-order valence-electron chi connectivity index (χ1n) is 5.39. The standard InChI is InChI=1S/C10H15N3O2S.ClH/c14-16(15,10-12-4-1-5-13-10)8-9-2-6-11-7-3-9;/h1,4-5,9,11H,2-3,6-8H2;1H. The van der Waals surface area contributed by atoms with Gasteiger partial charge in [0, 0.05) is 12.4 Å². The van der Waals surface area contributed by atoms with Crippen molar-refractivity contribution in [3.63, 3.8) is 0 Å². The lowest BCUT2D eigenvalue weighted by Crippen LogP contribution is -2.31. The number of nitrogens with zero attached hydrogens (tertiary/aromatic N) is 2. The van der Waals surface area contributed by atoms with Crippen LogP contribution in [0.2, 0.25) is 0 Å². The van der Waals surface area contributed by atoms with Crippen molar-refractivity contribution in [2.45, 2.75) is 18.0 Å². The van der Waals surface area contributed by atoms with E-state index in [1.807, 2.05) is 0 Å². The zero-order valence-electron chi connectivity index (χ0n) is 9.37. The zero-order chi connectivity index (χ0) is 11.4. The van der Waals surface area contributed by atoms with Gasteiger partial charge in [-0.2, -0.15) is 0 Å². The van der Waals surface area contributed by atoms with Crippen molar-refractivity contribution in [2.75, 3.05) is 18.8 Å². The highest BCUT2D eigenvalue weighted by molar-refractivity contribution is 7.91. The Kier molecular flexibility index (Phi) is 5.30. The van der Waals surface area contributed by atoms with E-state index in [1.54, 1.807) is 6.07 Å². The molecule has 0 amide bonds. The average Bonchev–Trinajstić information content (AvgIpc) is 2.31. The number of sulfone groups is 1. The van der Waals surface area contributed by atoms with Gasteiger partial charge in [-0.25, -0.2) is 18.4 Å². The van der Waals surface area contributed by atoms with Gasteiger partial charge < -0.3 is 5.32 Å². The molecule has 1 aromatic rings. The first kappa shape index (κ1) is 14.3. The van der Waals surface area contributed by atoms with Crippen LogP contribution in [0.5, 0.6) is 0 Å². The molecule has 0 radical (unpaired) electrons. The normalized spacial score (nSPS) is 17.4. The molecular formula is C10H16ClN3O2S. The summed E-state index contributed by atoms with van der Waals surface area (Å²) < 4.78 is 23.9. The Labute approximate surface area is 107 Å². The Bertz CT molecular complexity index is 432. The van der Waals surface area contributed by atoms with E-state index in [0.717, 1.165) is 25.9 Å². The van der Waals surface area contributed by atoms with Crippen LogP contribution in [0.15, 0.2) is 23.6 Å². The quantitative estimate of drug-likeness (QED) is 0.823. The molecule has 0 atom stereocenters. The molecule has 96 valence electrons. The molecule has 0 unspecified atom stereocenters. The number of rotatable bonds is 3. The third kappa shape index (κ3) is 3.90. The molecule has 17 heavy (non-hydrogen) atoms. The van der Waals surface area contributed by atoms with Gasteiger partial charge in [0.05, 0.1) is 5.75 Å². The number of halogens is 1. The van der Waals surface area contributed by atoms with Crippen molar-refractivity contribution in [1.82, 2.24) is 15.3 Å². The van der Waals surface area contributed by atoms with E-state index in [1.165, 1.54) is 12.4 Å². The monoisotopic (exact) mass is 277 g/mol. The summed E-state index contributed by atoms with van der Waals surface area (Å²) in [5.41, 5.74) is 0. The van der Waals surface area contributed by atoms with E-state index in [2.05, 4.69) is 15.3 Å². The van der Waals surface area contributed by atoms with E-state index in [0.29, 0.717) is 0 Å². The summed E-state index contributed by atoms with van der Waals surface area (Å²) in [4.78, 5) is 7.60. The number of hydrogen-bond donors (Lipinski definition) is 1. The molecule has 1 fully saturated rings. The van der Waals surface area contributed by atoms with Gasteiger partial charge in [0.15, 0.2) is 0 Å². The SMILES string of the molecule is Cl.O=S(=O)(CC1CCNCC1)c1ncccn1. The molecule has 1 aromatic heterocycles. The molecule has 0 saturated carbocycles. The van der Waals surface area contributed by atoms with Gasteiger partial charge in [-0.05, 0) is 37.9 Å². The van der Waals surface area contributed by atoms with Crippen LogP contribution < -0.4 is 5.32 Å². The van der Waals surface area contributed by atoms with Crippen molar-refractivity contribution in [3.05, 3.63) is 18.5 Å². The van der Waals surface area contributed by atoms with Gasteiger partial charge in [-0.3, -0.25) is 0 Å². The molecule has 7 heteroatoms. The molecule has 1 saturated heterocycles. The van der Waals surface area contributed by atoms with Gasteiger partial charge in [-0.15, -0.1) is 12.4 Å². The summed E-state index contributed by atoms with van der Waals surface area (Å²) in [7, 11) is -3.31. The Morgan fingerprint density at radius 2 is 1.82 bits per heavy atom. The summed E-state index contributed by atoms with van der Waals surface area (Å²) in [6.07, 6.45) is 4.74. The van der Waals surface area contributed by atoms with Crippen LogP contribution in [0.4, 0.5) is 0 Å². The van der Waals surface area contributed by atoms with Crippen molar-refractivity contribution >= 4 is 22.2 Å². The van der Waals surface area contributed by atoms with Crippen molar-refractivity contribution in [1.29, 1.82) is 0 Å². The highest BCUT2D eigenvalue weighted by atomic mass is 35.5. The third-order valence-corrected chi connectivity index (χ3v) is 4.41. The van der Waals surface area contributed by atoms with Gasteiger partial charge in [-0.1, -0.05) is 0 Å². The lowest BCUT2D eigenvalue weighted by atomic mass is 10.0. The maximum atomic E-state index is 12.0. The topological polar surface area (TPSA) is 72.0 Å². The van der Waals surface area contributed by atoms with Crippen LogP contribution in [0.25, 0.3) is 0 Å². The molecule has 2 heterocycles. The lowest BCUT2D eigenvalue weighted by Gasteiger charge is -2.21. The Morgan fingerprint density at radius 3 is 2.41 bits per heavy atom. The van der Waals surface area contributed by atoms with Crippen LogP contribution in [0.1, 0.15) is 12.8 Å². The summed E-state index contributed by atoms with van der Waals surface area (Å²) in [5.74, 6) is 0.397. The third-order valence-electron chi connectivity index (χ3n) is 2.73. The predicted octanol–water partition coefficient (Wildman–Crippen LogP) is 0.672. The second-order valence-electron chi connectivity index (χ2n) is 4.01. The molecule has 0 bridgehead atoms. The van der Waals surface area contributed by atoms with Crippen molar-refractivity contribution < 1.29 is 8.42 Å². The molecule has 0 aromatic carbocycles. The van der Waals surface area contributed by atoms with Gasteiger partial charge in [0.2, 0.25) is 15.0 Å². The number of nitrogens with one attached hydrogen (secondary N) is 1. The van der Waals surface area contributed by atoms with Crippen LogP contribution >= 0.6 is 12.4 Å². The summed E-state index contributed by atoms with van der Waals surface area (Å²) in [6, 6.07) is 1.61. The molecule has 1 N–H and O–H groups in total. The van der Waals surface area contributed by atoms with E-state index in [9.17, 15) is 8.42 Å². The predicted molar refractivity (Wildman–Crippen MR) is 66.9 cm³/mol. The first-order chi connectivity index (χ1) is 7.68. The average molecular weight is 278 g/mol. The molecule has 1 aliphatic heterocycles. The molecular weight excluding hydrogens is 262 g/mol. The first-order valence-corrected chi connectivity index (χ1v) is 7.04. The Hall–Kier alpha value is -0.720. The molecule has 5 nitrogen and oxygen atoms in total. The van der Waals surface area contributed by atoms with E-state index < -0.39 is 9.84 Å². The molecule has 1 aliphatic rings. The van der Waals surface area contributed by atoms with Crippen LogP contribution in [-0.4, -0.2) is 37.2 Å². The Morgan fingerprint density at radius 1 is 1.24 bits per heavy atom. The van der Waals surface area contributed by atoms with E-state index in [-0.39, 0.29) is 29.2 Å². The fraction of sp³-hybridized carbons (Fsp3) is 0.600. The highest BCUT2D eigenvalue weighted by Crippen LogP contribution is 2.17. The minimum atomic E-state index is -3.31. The fourth-order valence-corrected chi connectivity index (χ4v) is 3.43. The van der Waals surface area contributed by atoms with E-state index >= 15 is 0 Å². The smallest absolute Gasteiger partial charge is 0.247 e. The van der Waals surface area contributed by atoms with E-state index in [4.69, 9.17) is 0 Å². The second kappa shape index (κ2) is 6.28. The second-order valence-corrected chi connectivity index (χ2v) is 5.93. The summed E-state index contributed by atoms with van der Waals surface area (Å²) >= 11 is 0. The minimum absolute atomic E-state index is 0. The minimum Gasteiger partial charge on any atom is -0.317 e. The molecule has 0 spiro atoms. The summed E-state index contributed by atoms with van der Waals surface area (Å²) in [6.45, 7) is 1.80. The van der Waals surface area contributed by atoms with Gasteiger partial charge in [0.1, 0.15) is 0 Å². The zero-order valence-corrected chi connectivity index (χ0v) is 11.0. The fourth-order valence-electron chi connectivity index (χ4n) is 1.88. The lowest BCUT2D eigenvalue weighted by molar-refractivity contribution is 0.400. The maximum Gasteiger partial charge on any atom is 0.247 e. The van der Waals surface area contributed by atoms with Crippen LogP contribution in [-0.2, 0) is 9.84 Å². The van der Waals surface area contributed by atoms with Gasteiger partial charge >= 0.3 is 0 Å². The van der Waals surface area contributed by atoms with Crippen LogP contribution in [0, 0.1) is 5.92 Å². The maximum absolute atomic E-state index is 12.0. The largest absolute Gasteiger partial charge is 0.317 e. The summed E-state index contributed by atoms with van der Waals surface area (Å²) in [5, 5.41) is 3.17. The number of piperidine rings is 1. The molecule has 2 rings (SSSR count). The van der Waals surface area contributed by atoms with Crippen molar-refractivity contribution in [2.24, 2.45) is 5.92 Å². The van der Waals surface area contributed by atoms with Crippen molar-refractivity contribution in [3.8, 4) is 0 Å². The number of hydrogen-bond acceptors (Lipinski definition) is 5. The Balaban J connectivity index is 0.00000144. The van der Waals surface area contributed by atoms with Crippen LogP contribution in [0.3, 0.4) is 0 Å². The molecule has 0 aliphatic carbocycles.